The van der Waals surface area contributed by atoms with E-state index >= 15 is 0 Å². The van der Waals surface area contributed by atoms with Crippen LogP contribution in [-0.2, 0) is 10.9 Å². The summed E-state index contributed by atoms with van der Waals surface area (Å²) in [5.41, 5.74) is 6.27. The van der Waals surface area contributed by atoms with Crippen molar-refractivity contribution in [1.82, 2.24) is 0 Å². The summed E-state index contributed by atoms with van der Waals surface area (Å²) < 4.78 is 43.0. The Morgan fingerprint density at radius 2 is 1.82 bits per heavy atom. The number of benzene rings is 2. The Hall–Kier alpha value is -2.50. The summed E-state index contributed by atoms with van der Waals surface area (Å²) in [5, 5.41) is 0. The second-order valence-electron chi connectivity index (χ2n) is 4.60. The number of hydrogen-bond acceptors (Lipinski definition) is 3. The van der Waals surface area contributed by atoms with Gasteiger partial charge in [0.1, 0.15) is 0 Å². The van der Waals surface area contributed by atoms with Crippen LogP contribution in [0.15, 0.2) is 42.5 Å². The number of ether oxygens (including phenoxy) is 1. The molecule has 0 saturated heterocycles. The van der Waals surface area contributed by atoms with Gasteiger partial charge in [0, 0.05) is 5.69 Å². The van der Waals surface area contributed by atoms with Crippen molar-refractivity contribution in [3.63, 3.8) is 0 Å². The average Bonchev–Trinajstić information content (AvgIpc) is 2.46. The Balaban J connectivity index is 2.39. The number of anilines is 1. The summed E-state index contributed by atoms with van der Waals surface area (Å²) in [4.78, 5) is 11.6. The van der Waals surface area contributed by atoms with E-state index in [0.29, 0.717) is 11.1 Å². The van der Waals surface area contributed by atoms with Gasteiger partial charge >= 0.3 is 12.1 Å². The maximum absolute atomic E-state index is 12.7. The molecule has 3 nitrogen and oxygen atoms in total. The summed E-state index contributed by atoms with van der Waals surface area (Å²) in [6.45, 7) is 1.89. The van der Waals surface area contributed by atoms with Crippen molar-refractivity contribution >= 4 is 11.7 Å². The molecular formula is C16H14F3NO2. The minimum absolute atomic E-state index is 0.161. The fourth-order valence-corrected chi connectivity index (χ4v) is 2.01. The molecule has 22 heavy (non-hydrogen) atoms. The molecule has 2 aromatic carbocycles. The molecule has 0 bridgehead atoms. The molecule has 116 valence electrons. The Morgan fingerprint density at radius 1 is 1.14 bits per heavy atom. The molecule has 2 aromatic rings. The third-order valence-electron chi connectivity index (χ3n) is 3.07. The lowest BCUT2D eigenvalue weighted by atomic mass is 10.0. The fraction of sp³-hybridized carbons (Fsp3) is 0.188. The number of esters is 1. The molecule has 2 rings (SSSR count). The van der Waals surface area contributed by atoms with E-state index in [-0.39, 0.29) is 17.9 Å². The van der Waals surface area contributed by atoms with Gasteiger partial charge in [0.25, 0.3) is 0 Å². The third-order valence-corrected chi connectivity index (χ3v) is 3.07. The number of halogens is 3. The third kappa shape index (κ3) is 3.39. The fourth-order valence-electron chi connectivity index (χ4n) is 2.01. The van der Waals surface area contributed by atoms with Crippen LogP contribution in [0.1, 0.15) is 22.8 Å². The van der Waals surface area contributed by atoms with Gasteiger partial charge in [0.15, 0.2) is 0 Å². The monoisotopic (exact) mass is 309 g/mol. The number of rotatable bonds is 3. The molecule has 0 unspecified atom stereocenters. The van der Waals surface area contributed by atoms with Crippen molar-refractivity contribution in [3.05, 3.63) is 53.6 Å². The van der Waals surface area contributed by atoms with Crippen LogP contribution in [0.4, 0.5) is 18.9 Å². The van der Waals surface area contributed by atoms with E-state index in [1.54, 1.807) is 13.0 Å². The van der Waals surface area contributed by atoms with Gasteiger partial charge < -0.3 is 10.5 Å². The van der Waals surface area contributed by atoms with Gasteiger partial charge in [0.05, 0.1) is 17.7 Å². The van der Waals surface area contributed by atoms with Crippen molar-refractivity contribution in [2.75, 3.05) is 12.3 Å². The summed E-state index contributed by atoms with van der Waals surface area (Å²) in [7, 11) is 0. The maximum atomic E-state index is 12.7. The first-order valence-corrected chi connectivity index (χ1v) is 6.57. The van der Waals surface area contributed by atoms with Crippen LogP contribution in [0, 0.1) is 0 Å². The quantitative estimate of drug-likeness (QED) is 0.685. The highest BCUT2D eigenvalue weighted by atomic mass is 19.4. The Kier molecular flexibility index (Phi) is 4.40. The Morgan fingerprint density at radius 3 is 2.41 bits per heavy atom. The van der Waals surface area contributed by atoms with E-state index < -0.39 is 17.7 Å². The molecule has 0 radical (unpaired) electrons. The van der Waals surface area contributed by atoms with E-state index in [9.17, 15) is 18.0 Å². The molecule has 0 heterocycles. The van der Waals surface area contributed by atoms with E-state index in [4.69, 9.17) is 10.5 Å². The summed E-state index contributed by atoms with van der Waals surface area (Å²) in [6.07, 6.45) is -4.41. The summed E-state index contributed by atoms with van der Waals surface area (Å²) in [6, 6.07) is 9.36. The minimum Gasteiger partial charge on any atom is -0.462 e. The van der Waals surface area contributed by atoms with Crippen molar-refractivity contribution in [1.29, 1.82) is 0 Å². The van der Waals surface area contributed by atoms with Crippen molar-refractivity contribution in [2.24, 2.45) is 0 Å². The van der Waals surface area contributed by atoms with Crippen LogP contribution < -0.4 is 5.73 Å². The number of nitrogen functional groups attached to an aromatic ring is 1. The topological polar surface area (TPSA) is 52.3 Å². The zero-order valence-electron chi connectivity index (χ0n) is 11.8. The normalized spacial score (nSPS) is 11.3. The molecule has 0 fully saturated rings. The van der Waals surface area contributed by atoms with Gasteiger partial charge in [-0.15, -0.1) is 0 Å². The largest absolute Gasteiger partial charge is 0.462 e. The zero-order chi connectivity index (χ0) is 16.3. The number of nitrogens with two attached hydrogens (primary N) is 1. The average molecular weight is 309 g/mol. The molecule has 0 aliphatic rings. The van der Waals surface area contributed by atoms with Crippen LogP contribution in [0.2, 0.25) is 0 Å². The number of hydrogen-bond donors (Lipinski definition) is 1. The molecule has 0 aromatic heterocycles. The molecular weight excluding hydrogens is 295 g/mol. The van der Waals surface area contributed by atoms with Gasteiger partial charge in [-0.2, -0.15) is 13.2 Å². The maximum Gasteiger partial charge on any atom is 0.416 e. The molecule has 0 spiro atoms. The van der Waals surface area contributed by atoms with Crippen LogP contribution in [0.3, 0.4) is 0 Å². The van der Waals surface area contributed by atoms with Crippen LogP contribution in [-0.4, -0.2) is 12.6 Å². The number of alkyl halides is 3. The zero-order valence-corrected chi connectivity index (χ0v) is 11.8. The highest BCUT2D eigenvalue weighted by molar-refractivity contribution is 5.96. The van der Waals surface area contributed by atoms with E-state index in [1.165, 1.54) is 24.3 Å². The molecule has 0 aliphatic carbocycles. The highest BCUT2D eigenvalue weighted by Gasteiger charge is 2.30. The Labute approximate surface area is 125 Å². The molecule has 6 heteroatoms. The molecule has 0 saturated carbocycles. The van der Waals surface area contributed by atoms with Crippen molar-refractivity contribution < 1.29 is 22.7 Å². The van der Waals surface area contributed by atoms with Crippen LogP contribution in [0.25, 0.3) is 11.1 Å². The van der Waals surface area contributed by atoms with Gasteiger partial charge in [-0.3, -0.25) is 0 Å². The highest BCUT2D eigenvalue weighted by Crippen LogP contribution is 2.33. The van der Waals surface area contributed by atoms with Crippen LogP contribution >= 0.6 is 0 Å². The van der Waals surface area contributed by atoms with Gasteiger partial charge in [0.2, 0.25) is 0 Å². The van der Waals surface area contributed by atoms with E-state index in [1.807, 2.05) is 0 Å². The lowest BCUT2D eigenvalue weighted by Crippen LogP contribution is -2.08. The first-order valence-electron chi connectivity index (χ1n) is 6.57. The van der Waals surface area contributed by atoms with Crippen LogP contribution in [0.5, 0.6) is 0 Å². The second kappa shape index (κ2) is 6.09. The predicted octanol–water partition coefficient (Wildman–Crippen LogP) is 4.13. The van der Waals surface area contributed by atoms with E-state index in [0.717, 1.165) is 12.1 Å². The standard InChI is InChI=1S/C16H14F3NO2/c1-2-22-15(21)13-7-6-11(9-14(13)20)10-4-3-5-12(8-10)16(17,18)19/h3-9H,2,20H2,1H3. The molecule has 0 aliphatic heterocycles. The number of carbonyl (C=O) groups excluding carboxylic acids is 1. The smallest absolute Gasteiger partial charge is 0.416 e. The summed E-state index contributed by atoms with van der Waals surface area (Å²) in [5.74, 6) is -0.560. The second-order valence-corrected chi connectivity index (χ2v) is 4.60. The molecule has 0 amide bonds. The summed E-state index contributed by atoms with van der Waals surface area (Å²) >= 11 is 0. The predicted molar refractivity (Wildman–Crippen MR) is 77.2 cm³/mol. The molecule has 0 atom stereocenters. The number of carbonyl (C=O) groups is 1. The minimum atomic E-state index is -4.41. The van der Waals surface area contributed by atoms with Gasteiger partial charge in [-0.05, 0) is 42.3 Å². The first kappa shape index (κ1) is 15.9. The lowest BCUT2D eigenvalue weighted by molar-refractivity contribution is -0.137. The van der Waals surface area contributed by atoms with E-state index in [2.05, 4.69) is 0 Å². The Bertz CT molecular complexity index is 696. The SMILES string of the molecule is CCOC(=O)c1ccc(-c2cccc(C(F)(F)F)c2)cc1N. The molecule has 2 N–H and O–H groups in total. The van der Waals surface area contributed by atoms with Crippen molar-refractivity contribution in [2.45, 2.75) is 13.1 Å². The van der Waals surface area contributed by atoms with Gasteiger partial charge in [-0.1, -0.05) is 18.2 Å². The van der Waals surface area contributed by atoms with Gasteiger partial charge in [-0.25, -0.2) is 4.79 Å². The lowest BCUT2D eigenvalue weighted by Gasteiger charge is -2.11. The first-order chi connectivity index (χ1) is 10.3. The van der Waals surface area contributed by atoms with Crippen molar-refractivity contribution in [3.8, 4) is 11.1 Å².